The molecule has 0 saturated carbocycles. The summed E-state index contributed by atoms with van der Waals surface area (Å²) in [6, 6.07) is 18.9. The van der Waals surface area contributed by atoms with Crippen LogP contribution in [0.15, 0.2) is 79.0 Å². The van der Waals surface area contributed by atoms with Crippen LogP contribution in [0, 0.1) is 0 Å². The second-order valence-electron chi connectivity index (χ2n) is 6.61. The van der Waals surface area contributed by atoms with Crippen LogP contribution in [0.4, 0.5) is 11.8 Å². The van der Waals surface area contributed by atoms with Crippen LogP contribution in [-0.2, 0) is 22.6 Å². The van der Waals surface area contributed by atoms with E-state index in [0.29, 0.717) is 36.3 Å². The van der Waals surface area contributed by atoms with Crippen LogP contribution >= 0.6 is 0 Å². The molecule has 1 amide bonds. The Kier molecular flexibility index (Phi) is 5.75. The predicted octanol–water partition coefficient (Wildman–Crippen LogP) is 3.00. The molecule has 3 N–H and O–H groups in total. The van der Waals surface area contributed by atoms with Gasteiger partial charge in [0.05, 0.1) is 6.54 Å². The highest BCUT2D eigenvalue weighted by atomic mass is 16.7. The normalized spacial score (nSPS) is 12.5. The van der Waals surface area contributed by atoms with Gasteiger partial charge in [0.1, 0.15) is 12.1 Å². The summed E-state index contributed by atoms with van der Waals surface area (Å²) in [5, 5.41) is 3.20. The first-order chi connectivity index (χ1) is 14.7. The van der Waals surface area contributed by atoms with Crippen molar-refractivity contribution in [3.05, 3.63) is 95.7 Å². The highest BCUT2D eigenvalue weighted by Gasteiger charge is 2.20. The average Bonchev–Trinajstić information content (AvgIpc) is 3.32. The molecule has 1 aliphatic rings. The first-order valence-corrected chi connectivity index (χ1v) is 9.41. The van der Waals surface area contributed by atoms with E-state index in [1.165, 1.54) is 0 Å². The maximum Gasteiger partial charge on any atom is 0.248 e. The second kappa shape index (κ2) is 8.95. The molecular weight excluding hydrogens is 382 g/mol. The Labute approximate surface area is 174 Å². The summed E-state index contributed by atoms with van der Waals surface area (Å²) < 4.78 is 10.8. The van der Waals surface area contributed by atoms with Crippen molar-refractivity contribution >= 4 is 17.7 Å². The summed E-state index contributed by atoms with van der Waals surface area (Å²) in [6.45, 7) is 1.25. The molecule has 0 spiro atoms. The number of aromatic nitrogens is 2. The summed E-state index contributed by atoms with van der Waals surface area (Å²) >= 11 is 0. The van der Waals surface area contributed by atoms with E-state index in [-0.39, 0.29) is 6.79 Å². The quantitative estimate of drug-likeness (QED) is 0.596. The first kappa shape index (κ1) is 19.3. The van der Waals surface area contributed by atoms with Gasteiger partial charge in [-0.25, -0.2) is 4.98 Å². The smallest absolute Gasteiger partial charge is 0.248 e. The zero-order chi connectivity index (χ0) is 20.8. The number of anilines is 2. The number of carbonyl (C=O) groups is 1. The Morgan fingerprint density at radius 2 is 1.87 bits per heavy atom. The molecular formula is C22H21N5O3. The summed E-state index contributed by atoms with van der Waals surface area (Å²) in [5.41, 5.74) is 7.84. The topological polar surface area (TPSA) is 103 Å². The highest BCUT2D eigenvalue weighted by molar-refractivity contribution is 5.92. The molecule has 8 nitrogen and oxygen atoms in total. The molecule has 8 heteroatoms. The molecule has 0 bridgehead atoms. The molecule has 30 heavy (non-hydrogen) atoms. The number of benzene rings is 2. The van der Waals surface area contributed by atoms with Gasteiger partial charge in [0, 0.05) is 18.3 Å². The van der Waals surface area contributed by atoms with E-state index in [0.717, 1.165) is 11.1 Å². The number of ether oxygens (including phenoxy) is 2. The van der Waals surface area contributed by atoms with Gasteiger partial charge < -0.3 is 20.5 Å². The Bertz CT molecular complexity index is 1040. The summed E-state index contributed by atoms with van der Waals surface area (Å²) in [4.78, 5) is 22.0. The lowest BCUT2D eigenvalue weighted by atomic mass is 10.1. The van der Waals surface area contributed by atoms with Crippen LogP contribution in [0.3, 0.4) is 0 Å². The lowest BCUT2D eigenvalue weighted by Crippen LogP contribution is -2.24. The number of hydrogen-bond donors (Lipinski definition) is 2. The Morgan fingerprint density at radius 1 is 1.07 bits per heavy atom. The van der Waals surface area contributed by atoms with Crippen molar-refractivity contribution in [3.8, 4) is 0 Å². The van der Waals surface area contributed by atoms with E-state index in [1.54, 1.807) is 24.6 Å². The van der Waals surface area contributed by atoms with Crippen LogP contribution in [-0.4, -0.2) is 22.7 Å². The van der Waals surface area contributed by atoms with Crippen LogP contribution in [0.2, 0.25) is 0 Å². The average molecular weight is 403 g/mol. The number of rotatable bonds is 8. The van der Waals surface area contributed by atoms with E-state index in [9.17, 15) is 4.79 Å². The Balaban J connectivity index is 1.50. The van der Waals surface area contributed by atoms with Gasteiger partial charge in [0.15, 0.2) is 0 Å². The van der Waals surface area contributed by atoms with Gasteiger partial charge in [-0.2, -0.15) is 4.98 Å². The fourth-order valence-electron chi connectivity index (χ4n) is 2.97. The van der Waals surface area contributed by atoms with Gasteiger partial charge >= 0.3 is 0 Å². The lowest BCUT2D eigenvalue weighted by Gasteiger charge is -2.23. The van der Waals surface area contributed by atoms with Crippen molar-refractivity contribution in [1.29, 1.82) is 0 Å². The largest absolute Gasteiger partial charge is 0.459 e. The molecule has 152 valence electrons. The van der Waals surface area contributed by atoms with Gasteiger partial charge in [-0.05, 0) is 29.3 Å². The van der Waals surface area contributed by atoms with E-state index >= 15 is 0 Å². The van der Waals surface area contributed by atoms with E-state index < -0.39 is 5.91 Å². The number of primary amides is 1. The molecule has 0 unspecified atom stereocenters. The number of nitrogens with zero attached hydrogens (tertiary/aromatic N) is 3. The van der Waals surface area contributed by atoms with Gasteiger partial charge in [0.25, 0.3) is 0 Å². The number of nitrogens with two attached hydrogens (primary N) is 1. The number of nitrogens with one attached hydrogen (secondary N) is 1. The van der Waals surface area contributed by atoms with Crippen molar-refractivity contribution in [3.63, 3.8) is 0 Å². The predicted molar refractivity (Wildman–Crippen MR) is 112 cm³/mol. The van der Waals surface area contributed by atoms with Crippen LogP contribution in [0.25, 0.3) is 0 Å². The van der Waals surface area contributed by atoms with E-state index in [1.807, 2.05) is 53.4 Å². The minimum Gasteiger partial charge on any atom is -0.459 e. The molecule has 2 aromatic carbocycles. The maximum absolute atomic E-state index is 11.2. The van der Waals surface area contributed by atoms with Crippen LogP contribution in [0.1, 0.15) is 21.5 Å². The monoisotopic (exact) mass is 403 g/mol. The fraction of sp³-hybridized carbons (Fsp3) is 0.136. The van der Waals surface area contributed by atoms with Crippen LogP contribution in [0.5, 0.6) is 0 Å². The SMILES string of the molecule is NC(=O)c1ccc(CNc2nccc(N(Cc3ccccc3)C3=COCO3)n2)cc1. The zero-order valence-electron chi connectivity index (χ0n) is 16.2. The third-order valence-electron chi connectivity index (χ3n) is 4.52. The van der Waals surface area contributed by atoms with Crippen molar-refractivity contribution in [2.75, 3.05) is 17.0 Å². The number of hydrogen-bond acceptors (Lipinski definition) is 7. The van der Waals surface area contributed by atoms with Crippen molar-refractivity contribution in [2.45, 2.75) is 13.1 Å². The molecule has 1 aromatic heterocycles. The van der Waals surface area contributed by atoms with Crippen molar-refractivity contribution < 1.29 is 14.3 Å². The minimum atomic E-state index is -0.448. The molecule has 0 aliphatic carbocycles. The molecule has 0 radical (unpaired) electrons. The molecule has 0 saturated heterocycles. The summed E-state index contributed by atoms with van der Waals surface area (Å²) in [6.07, 6.45) is 3.27. The van der Waals surface area contributed by atoms with Gasteiger partial charge in [-0.1, -0.05) is 42.5 Å². The molecule has 2 heterocycles. The van der Waals surface area contributed by atoms with Gasteiger partial charge in [-0.3, -0.25) is 9.69 Å². The molecule has 3 aromatic rings. The first-order valence-electron chi connectivity index (χ1n) is 9.41. The zero-order valence-corrected chi connectivity index (χ0v) is 16.2. The summed E-state index contributed by atoms with van der Waals surface area (Å²) in [5.74, 6) is 1.29. The van der Waals surface area contributed by atoms with E-state index in [2.05, 4.69) is 15.3 Å². The van der Waals surface area contributed by atoms with Gasteiger partial charge in [-0.15, -0.1) is 0 Å². The Morgan fingerprint density at radius 3 is 2.57 bits per heavy atom. The maximum atomic E-state index is 11.2. The lowest BCUT2D eigenvalue weighted by molar-refractivity contribution is 0.0781. The molecule has 1 aliphatic heterocycles. The second-order valence-corrected chi connectivity index (χ2v) is 6.61. The molecule has 0 atom stereocenters. The van der Waals surface area contributed by atoms with Gasteiger partial charge in [0.2, 0.25) is 24.5 Å². The standard InChI is InChI=1S/C22H21N5O3/c23-21(28)18-8-6-16(7-9-18)12-25-22-24-11-10-19(26-22)27(20-14-29-15-30-20)13-17-4-2-1-3-5-17/h1-11,14H,12-13,15H2,(H2,23,28)(H,24,25,26). The van der Waals surface area contributed by atoms with Crippen molar-refractivity contribution in [1.82, 2.24) is 9.97 Å². The highest BCUT2D eigenvalue weighted by Crippen LogP contribution is 2.24. The molecule has 4 rings (SSSR count). The third kappa shape index (κ3) is 4.67. The molecule has 0 fully saturated rings. The fourth-order valence-corrected chi connectivity index (χ4v) is 2.97. The number of carbonyl (C=O) groups excluding carboxylic acids is 1. The van der Waals surface area contributed by atoms with Crippen LogP contribution < -0.4 is 16.0 Å². The summed E-state index contributed by atoms with van der Waals surface area (Å²) in [7, 11) is 0. The minimum absolute atomic E-state index is 0.179. The van der Waals surface area contributed by atoms with E-state index in [4.69, 9.17) is 15.2 Å². The van der Waals surface area contributed by atoms with Crippen molar-refractivity contribution in [2.24, 2.45) is 5.73 Å². The Hall–Kier alpha value is -4.07. The number of amides is 1. The third-order valence-corrected chi connectivity index (χ3v) is 4.52.